The van der Waals surface area contributed by atoms with Crippen LogP contribution < -0.4 is 5.56 Å². The van der Waals surface area contributed by atoms with Crippen LogP contribution in [0.2, 0.25) is 0 Å². The van der Waals surface area contributed by atoms with Crippen molar-refractivity contribution in [3.63, 3.8) is 0 Å². The normalized spacial score (nSPS) is 11.7. The molecule has 0 unspecified atom stereocenters. The highest BCUT2D eigenvalue weighted by atomic mass is 127. The second kappa shape index (κ2) is 4.95. The van der Waals surface area contributed by atoms with Gasteiger partial charge in [0.15, 0.2) is 0 Å². The molecule has 0 N–H and O–H groups in total. The summed E-state index contributed by atoms with van der Waals surface area (Å²) in [5.41, 5.74) is -0.298. The van der Waals surface area contributed by atoms with E-state index in [1.807, 2.05) is 0 Å². The standard InChI is InChI=1S/C8H8F3IN2O/c9-8(10,11)2-1-3-14-5-13-4-6(12)7(14)15/h4-5H,1-3H2. The Labute approximate surface area is 97.5 Å². The Morgan fingerprint density at radius 1 is 1.47 bits per heavy atom. The molecule has 1 heterocycles. The second-order valence-electron chi connectivity index (χ2n) is 2.96. The van der Waals surface area contributed by atoms with Crippen molar-refractivity contribution >= 4 is 22.6 Å². The molecule has 1 aromatic rings. The van der Waals surface area contributed by atoms with E-state index in [2.05, 4.69) is 4.98 Å². The van der Waals surface area contributed by atoms with Gasteiger partial charge in [0.1, 0.15) is 0 Å². The van der Waals surface area contributed by atoms with Crippen LogP contribution in [0.3, 0.4) is 0 Å². The third-order valence-corrected chi connectivity index (χ3v) is 2.46. The number of nitrogens with zero attached hydrogens (tertiary/aromatic N) is 2. The maximum absolute atomic E-state index is 11.8. The van der Waals surface area contributed by atoms with E-state index in [0.29, 0.717) is 3.57 Å². The number of aryl methyl sites for hydroxylation is 1. The van der Waals surface area contributed by atoms with Gasteiger partial charge in [0.2, 0.25) is 0 Å². The van der Waals surface area contributed by atoms with Crippen LogP contribution in [0, 0.1) is 3.57 Å². The van der Waals surface area contributed by atoms with Crippen molar-refractivity contribution in [2.24, 2.45) is 0 Å². The van der Waals surface area contributed by atoms with Gasteiger partial charge in [0.25, 0.3) is 5.56 Å². The highest BCUT2D eigenvalue weighted by Gasteiger charge is 2.26. The van der Waals surface area contributed by atoms with Crippen LogP contribution in [0.4, 0.5) is 13.2 Å². The molecule has 1 rings (SSSR count). The van der Waals surface area contributed by atoms with Gasteiger partial charge < -0.3 is 0 Å². The average molecular weight is 332 g/mol. The van der Waals surface area contributed by atoms with E-state index in [4.69, 9.17) is 0 Å². The van der Waals surface area contributed by atoms with Crippen molar-refractivity contribution in [3.05, 3.63) is 26.4 Å². The summed E-state index contributed by atoms with van der Waals surface area (Å²) < 4.78 is 37.1. The highest BCUT2D eigenvalue weighted by molar-refractivity contribution is 14.1. The topological polar surface area (TPSA) is 34.9 Å². The van der Waals surface area contributed by atoms with Gasteiger partial charge in [0, 0.05) is 19.2 Å². The first-order valence-electron chi connectivity index (χ1n) is 4.17. The summed E-state index contributed by atoms with van der Waals surface area (Å²) in [7, 11) is 0. The molecule has 0 aromatic carbocycles. The summed E-state index contributed by atoms with van der Waals surface area (Å²) >= 11 is 1.80. The van der Waals surface area contributed by atoms with Crippen LogP contribution in [-0.4, -0.2) is 15.7 Å². The molecule has 0 saturated heterocycles. The van der Waals surface area contributed by atoms with E-state index < -0.39 is 12.6 Å². The number of aromatic nitrogens is 2. The third kappa shape index (κ3) is 4.18. The summed E-state index contributed by atoms with van der Waals surface area (Å²) in [6, 6.07) is 0. The molecule has 0 amide bonds. The molecule has 1 aromatic heterocycles. The van der Waals surface area contributed by atoms with Crippen LogP contribution in [0.25, 0.3) is 0 Å². The molecule has 0 saturated carbocycles. The lowest BCUT2D eigenvalue weighted by Crippen LogP contribution is -2.23. The van der Waals surface area contributed by atoms with Crippen molar-refractivity contribution in [1.29, 1.82) is 0 Å². The average Bonchev–Trinajstić information content (AvgIpc) is 2.10. The SMILES string of the molecule is O=c1c(I)cncn1CCCC(F)(F)F. The molecule has 0 atom stereocenters. The van der Waals surface area contributed by atoms with Gasteiger partial charge in [-0.1, -0.05) is 0 Å². The van der Waals surface area contributed by atoms with Crippen LogP contribution in [0.5, 0.6) is 0 Å². The van der Waals surface area contributed by atoms with Crippen LogP contribution in [-0.2, 0) is 6.54 Å². The van der Waals surface area contributed by atoms with E-state index in [0.717, 1.165) is 0 Å². The zero-order chi connectivity index (χ0) is 11.5. The lowest BCUT2D eigenvalue weighted by Gasteiger charge is -2.07. The quantitative estimate of drug-likeness (QED) is 0.796. The van der Waals surface area contributed by atoms with E-state index in [1.54, 1.807) is 22.6 Å². The molecule has 0 aliphatic rings. The van der Waals surface area contributed by atoms with Crippen LogP contribution in [0.15, 0.2) is 17.3 Å². The van der Waals surface area contributed by atoms with Crippen LogP contribution >= 0.6 is 22.6 Å². The largest absolute Gasteiger partial charge is 0.389 e. The molecule has 7 heteroatoms. The van der Waals surface area contributed by atoms with E-state index in [9.17, 15) is 18.0 Å². The van der Waals surface area contributed by atoms with E-state index >= 15 is 0 Å². The molecule has 0 fully saturated rings. The minimum Gasteiger partial charge on any atom is -0.298 e. The summed E-state index contributed by atoms with van der Waals surface area (Å²) in [5, 5.41) is 0. The van der Waals surface area contributed by atoms with Crippen molar-refractivity contribution in [1.82, 2.24) is 9.55 Å². The van der Waals surface area contributed by atoms with E-state index in [-0.39, 0.29) is 18.5 Å². The minimum atomic E-state index is -4.17. The lowest BCUT2D eigenvalue weighted by atomic mass is 10.3. The zero-order valence-corrected chi connectivity index (χ0v) is 9.75. The zero-order valence-electron chi connectivity index (χ0n) is 7.59. The number of rotatable bonds is 3. The monoisotopic (exact) mass is 332 g/mol. The van der Waals surface area contributed by atoms with E-state index in [1.165, 1.54) is 17.1 Å². The second-order valence-corrected chi connectivity index (χ2v) is 4.12. The van der Waals surface area contributed by atoms with Gasteiger partial charge >= 0.3 is 6.18 Å². The van der Waals surface area contributed by atoms with Gasteiger partial charge in [-0.05, 0) is 29.0 Å². The Balaban J connectivity index is 2.59. The van der Waals surface area contributed by atoms with Gasteiger partial charge in [0.05, 0.1) is 9.90 Å². The Morgan fingerprint density at radius 3 is 2.73 bits per heavy atom. The predicted molar refractivity (Wildman–Crippen MR) is 56.5 cm³/mol. The molecular formula is C8H8F3IN2O. The van der Waals surface area contributed by atoms with Crippen molar-refractivity contribution in [2.75, 3.05) is 0 Å². The number of alkyl halides is 3. The van der Waals surface area contributed by atoms with Crippen molar-refractivity contribution in [2.45, 2.75) is 25.6 Å². The summed E-state index contributed by atoms with van der Waals surface area (Å²) in [6.45, 7) is 0.0438. The first-order valence-corrected chi connectivity index (χ1v) is 5.25. The minimum absolute atomic E-state index is 0.0438. The maximum atomic E-state index is 11.8. The molecule has 84 valence electrons. The maximum Gasteiger partial charge on any atom is 0.389 e. The number of hydrogen-bond donors (Lipinski definition) is 0. The number of halogens is 4. The Bertz CT molecular complexity index is 388. The Kier molecular flexibility index (Phi) is 4.12. The molecule has 15 heavy (non-hydrogen) atoms. The Morgan fingerprint density at radius 2 is 2.13 bits per heavy atom. The molecule has 0 spiro atoms. The molecule has 0 aliphatic heterocycles. The third-order valence-electron chi connectivity index (χ3n) is 1.72. The van der Waals surface area contributed by atoms with Gasteiger partial charge in [-0.2, -0.15) is 13.2 Å². The fraction of sp³-hybridized carbons (Fsp3) is 0.500. The van der Waals surface area contributed by atoms with Gasteiger partial charge in [-0.25, -0.2) is 4.98 Å². The molecular weight excluding hydrogens is 324 g/mol. The summed E-state index contributed by atoms with van der Waals surface area (Å²) in [6.07, 6.45) is -2.53. The highest BCUT2D eigenvalue weighted by Crippen LogP contribution is 2.21. The molecule has 3 nitrogen and oxygen atoms in total. The van der Waals surface area contributed by atoms with Gasteiger partial charge in [-0.15, -0.1) is 0 Å². The Hall–Kier alpha value is -0.600. The first-order chi connectivity index (χ1) is 6.90. The smallest absolute Gasteiger partial charge is 0.298 e. The lowest BCUT2D eigenvalue weighted by molar-refractivity contribution is -0.135. The molecule has 0 aliphatic carbocycles. The first kappa shape index (κ1) is 12.5. The van der Waals surface area contributed by atoms with Gasteiger partial charge in [-0.3, -0.25) is 9.36 Å². The predicted octanol–water partition coefficient (Wildman–Crippen LogP) is 2.19. The summed E-state index contributed by atoms with van der Waals surface area (Å²) in [4.78, 5) is 15.1. The molecule has 0 bridgehead atoms. The summed E-state index contributed by atoms with van der Waals surface area (Å²) in [5.74, 6) is 0. The number of hydrogen-bond acceptors (Lipinski definition) is 2. The van der Waals surface area contributed by atoms with Crippen LogP contribution in [0.1, 0.15) is 12.8 Å². The van der Waals surface area contributed by atoms with Crippen molar-refractivity contribution in [3.8, 4) is 0 Å². The fourth-order valence-corrected chi connectivity index (χ4v) is 1.50. The van der Waals surface area contributed by atoms with Crippen molar-refractivity contribution < 1.29 is 13.2 Å². The molecule has 0 radical (unpaired) electrons. The fourth-order valence-electron chi connectivity index (χ4n) is 1.03.